The van der Waals surface area contributed by atoms with Crippen molar-refractivity contribution in [2.45, 2.75) is 18.6 Å². The maximum atomic E-state index is 9.73. The first-order chi connectivity index (χ1) is 6.44. The Morgan fingerprint density at radius 2 is 1.29 bits per heavy atom. The molecular weight excluding hydrogens is 192 g/mol. The molecule has 0 aromatic carbocycles. The Morgan fingerprint density at radius 3 is 1.36 bits per heavy atom. The van der Waals surface area contributed by atoms with Crippen LogP contribution >= 0.6 is 0 Å². The van der Waals surface area contributed by atoms with Gasteiger partial charge in [-0.3, -0.25) is 0 Å². The summed E-state index contributed by atoms with van der Waals surface area (Å²) in [6.07, 6.45) is -1.28. The minimum Gasteiger partial charge on any atom is -0.395 e. The van der Waals surface area contributed by atoms with Gasteiger partial charge in [0.2, 0.25) is 0 Å². The van der Waals surface area contributed by atoms with Gasteiger partial charge in [0.05, 0.1) is 37.9 Å². The lowest BCUT2D eigenvalue weighted by molar-refractivity contribution is -0.211. The van der Waals surface area contributed by atoms with Crippen molar-refractivity contribution in [2.24, 2.45) is 5.41 Å². The van der Waals surface area contributed by atoms with Crippen molar-refractivity contribution in [3.63, 3.8) is 0 Å². The minimum atomic E-state index is -2.12. The van der Waals surface area contributed by atoms with E-state index in [4.69, 9.17) is 20.4 Å². The van der Waals surface area contributed by atoms with Crippen LogP contribution in [0.5, 0.6) is 0 Å². The summed E-state index contributed by atoms with van der Waals surface area (Å²) in [6.45, 7) is -1.98. The zero-order chi connectivity index (χ0) is 11.4. The summed E-state index contributed by atoms with van der Waals surface area (Å²) in [4.78, 5) is 0. The molecule has 0 amide bonds. The minimum absolute atomic E-state index is 0.751. The van der Waals surface area contributed by atoms with Gasteiger partial charge >= 0.3 is 0 Å². The molecule has 0 heterocycles. The molecule has 0 spiro atoms. The largest absolute Gasteiger partial charge is 0.395 e. The number of rotatable bonds is 6. The summed E-state index contributed by atoms with van der Waals surface area (Å²) in [5.74, 6) is 0. The predicted octanol–water partition coefficient (Wildman–Crippen LogP) is -2.95. The van der Waals surface area contributed by atoms with Crippen LogP contribution in [0.1, 0.15) is 6.92 Å². The molecule has 0 saturated heterocycles. The van der Waals surface area contributed by atoms with Crippen LogP contribution in [-0.4, -0.2) is 68.8 Å². The van der Waals surface area contributed by atoms with Gasteiger partial charge in [-0.15, -0.1) is 0 Å². The van der Waals surface area contributed by atoms with Crippen molar-refractivity contribution in [1.82, 2.24) is 0 Å². The maximum Gasteiger partial charge on any atom is 0.123 e. The van der Waals surface area contributed by atoms with Gasteiger partial charge in [0.15, 0.2) is 0 Å². The summed E-state index contributed by atoms with van der Waals surface area (Å²) in [5, 5.41) is 55.0. The van der Waals surface area contributed by atoms with Crippen molar-refractivity contribution in [2.75, 3.05) is 26.4 Å². The van der Waals surface area contributed by atoms with Gasteiger partial charge in [0.1, 0.15) is 5.60 Å². The molecule has 86 valence electrons. The Kier molecular flexibility index (Phi) is 4.93. The van der Waals surface area contributed by atoms with E-state index in [1.165, 1.54) is 6.92 Å². The highest BCUT2D eigenvalue weighted by molar-refractivity contribution is 5.01. The van der Waals surface area contributed by atoms with Crippen LogP contribution in [0, 0.1) is 5.41 Å². The first kappa shape index (κ1) is 13.8. The van der Waals surface area contributed by atoms with Crippen LogP contribution in [-0.2, 0) is 0 Å². The highest BCUT2D eigenvalue weighted by atomic mass is 16.4. The first-order valence-corrected chi connectivity index (χ1v) is 4.28. The average molecular weight is 210 g/mol. The van der Waals surface area contributed by atoms with Crippen molar-refractivity contribution >= 4 is 0 Å². The van der Waals surface area contributed by atoms with E-state index < -0.39 is 43.5 Å². The number of hydrogen-bond donors (Lipinski definition) is 6. The van der Waals surface area contributed by atoms with Crippen molar-refractivity contribution in [3.05, 3.63) is 0 Å². The first-order valence-electron chi connectivity index (χ1n) is 4.28. The molecule has 0 aromatic heterocycles. The molecule has 0 fully saturated rings. The third-order valence-electron chi connectivity index (χ3n) is 2.81. The standard InChI is InChI=1S/C8H18O6/c1-6(13)7(2-9,3-10)8(14,4-11)5-12/h6,9-14H,2-5H2,1H3. The monoisotopic (exact) mass is 210 g/mol. The Balaban J connectivity index is 5.14. The molecule has 0 aromatic rings. The molecule has 0 aliphatic heterocycles. The fraction of sp³-hybridized carbons (Fsp3) is 1.00. The SMILES string of the molecule is CC(O)C(CO)(CO)C(O)(CO)CO. The molecule has 1 unspecified atom stereocenters. The van der Waals surface area contributed by atoms with Crippen LogP contribution in [0.25, 0.3) is 0 Å². The fourth-order valence-electron chi connectivity index (χ4n) is 1.36. The van der Waals surface area contributed by atoms with E-state index in [9.17, 15) is 10.2 Å². The van der Waals surface area contributed by atoms with Crippen molar-refractivity contribution < 1.29 is 30.6 Å². The second-order valence-electron chi connectivity index (χ2n) is 3.50. The highest BCUT2D eigenvalue weighted by Gasteiger charge is 2.52. The lowest BCUT2D eigenvalue weighted by Gasteiger charge is -2.44. The lowest BCUT2D eigenvalue weighted by Crippen LogP contribution is -2.62. The Morgan fingerprint density at radius 1 is 0.929 bits per heavy atom. The average Bonchev–Trinajstić information content (AvgIpc) is 2.19. The second kappa shape index (κ2) is 5.01. The predicted molar refractivity (Wildman–Crippen MR) is 47.4 cm³/mol. The topological polar surface area (TPSA) is 121 Å². The van der Waals surface area contributed by atoms with E-state index in [1.54, 1.807) is 0 Å². The lowest BCUT2D eigenvalue weighted by atomic mass is 9.70. The van der Waals surface area contributed by atoms with E-state index >= 15 is 0 Å². The van der Waals surface area contributed by atoms with Crippen LogP contribution in [0.15, 0.2) is 0 Å². The van der Waals surface area contributed by atoms with Gasteiger partial charge in [-0.05, 0) is 6.92 Å². The Bertz CT molecular complexity index is 161. The number of hydrogen-bond acceptors (Lipinski definition) is 6. The molecule has 1 atom stereocenters. The second-order valence-corrected chi connectivity index (χ2v) is 3.50. The van der Waals surface area contributed by atoms with Gasteiger partial charge in [0, 0.05) is 0 Å². The molecule has 0 radical (unpaired) electrons. The molecule has 0 rings (SSSR count). The van der Waals surface area contributed by atoms with Crippen LogP contribution in [0.4, 0.5) is 0 Å². The van der Waals surface area contributed by atoms with Crippen LogP contribution in [0.2, 0.25) is 0 Å². The Hall–Kier alpha value is -0.240. The maximum absolute atomic E-state index is 9.73. The van der Waals surface area contributed by atoms with Crippen molar-refractivity contribution in [3.8, 4) is 0 Å². The molecule has 0 aliphatic rings. The van der Waals surface area contributed by atoms with Gasteiger partial charge < -0.3 is 30.6 Å². The summed E-state index contributed by atoms with van der Waals surface area (Å²) < 4.78 is 0. The fourth-order valence-corrected chi connectivity index (χ4v) is 1.36. The number of aliphatic hydroxyl groups excluding tert-OH is 5. The molecule has 6 heteroatoms. The van der Waals surface area contributed by atoms with Gasteiger partial charge in [-0.2, -0.15) is 0 Å². The highest BCUT2D eigenvalue weighted by Crippen LogP contribution is 2.34. The molecular formula is C8H18O6. The van der Waals surface area contributed by atoms with Gasteiger partial charge in [-0.1, -0.05) is 0 Å². The summed E-state index contributed by atoms with van der Waals surface area (Å²) in [6, 6.07) is 0. The zero-order valence-electron chi connectivity index (χ0n) is 8.09. The van der Waals surface area contributed by atoms with Gasteiger partial charge in [0.25, 0.3) is 0 Å². The smallest absolute Gasteiger partial charge is 0.123 e. The van der Waals surface area contributed by atoms with E-state index in [-0.39, 0.29) is 0 Å². The van der Waals surface area contributed by atoms with E-state index in [0.717, 1.165) is 0 Å². The van der Waals surface area contributed by atoms with Crippen molar-refractivity contribution in [1.29, 1.82) is 0 Å². The van der Waals surface area contributed by atoms with E-state index in [1.807, 2.05) is 0 Å². The van der Waals surface area contributed by atoms with E-state index in [2.05, 4.69) is 0 Å². The normalized spacial score (nSPS) is 15.6. The molecule has 0 saturated carbocycles. The van der Waals surface area contributed by atoms with Crippen LogP contribution in [0.3, 0.4) is 0 Å². The van der Waals surface area contributed by atoms with E-state index in [0.29, 0.717) is 0 Å². The van der Waals surface area contributed by atoms with Crippen LogP contribution < -0.4 is 0 Å². The molecule has 6 nitrogen and oxygen atoms in total. The third-order valence-corrected chi connectivity index (χ3v) is 2.81. The van der Waals surface area contributed by atoms with Gasteiger partial charge in [-0.25, -0.2) is 0 Å². The number of aliphatic hydroxyl groups is 6. The summed E-state index contributed by atoms with van der Waals surface area (Å²) >= 11 is 0. The summed E-state index contributed by atoms with van der Waals surface area (Å²) in [7, 11) is 0. The third kappa shape index (κ3) is 1.90. The molecule has 6 N–H and O–H groups in total. The zero-order valence-corrected chi connectivity index (χ0v) is 8.09. The molecule has 0 bridgehead atoms. The molecule has 0 aliphatic carbocycles. The quantitative estimate of drug-likeness (QED) is 0.279. The molecule has 14 heavy (non-hydrogen) atoms. The summed E-state index contributed by atoms with van der Waals surface area (Å²) in [5.41, 5.74) is -3.86. The Labute approximate surface area is 82.1 Å².